The Hall–Kier alpha value is -7.88. The molecule has 0 aliphatic heterocycles. The highest BCUT2D eigenvalue weighted by atomic mass is 15.1. The molecule has 0 radical (unpaired) electrons. The van der Waals surface area contributed by atoms with Gasteiger partial charge in [0.25, 0.3) is 0 Å². The van der Waals surface area contributed by atoms with Crippen LogP contribution in [-0.4, -0.2) is 14.5 Å². The maximum absolute atomic E-state index is 5.49. The van der Waals surface area contributed by atoms with Crippen LogP contribution >= 0.6 is 0 Å². The summed E-state index contributed by atoms with van der Waals surface area (Å²) in [4.78, 5) is 10.6. The zero-order valence-corrected chi connectivity index (χ0v) is 32.5. The van der Waals surface area contributed by atoms with Crippen LogP contribution in [0.5, 0.6) is 0 Å². The number of pyridine rings is 1. The number of hydrogen-bond donors (Lipinski definition) is 0. The molecule has 2 aliphatic rings. The lowest BCUT2D eigenvalue weighted by Crippen LogP contribution is -2.25. The van der Waals surface area contributed by atoms with Crippen molar-refractivity contribution in [1.82, 2.24) is 14.5 Å². The molecule has 11 aromatic rings. The fourth-order valence-corrected chi connectivity index (χ4v) is 10.5. The largest absolute Gasteiger partial charge is 0.292 e. The Balaban J connectivity index is 0.997. The van der Waals surface area contributed by atoms with Crippen molar-refractivity contribution in [2.45, 2.75) is 5.41 Å². The van der Waals surface area contributed by atoms with Gasteiger partial charge in [-0.3, -0.25) is 4.57 Å². The Morgan fingerprint density at radius 1 is 0.333 bits per heavy atom. The van der Waals surface area contributed by atoms with Gasteiger partial charge in [0.15, 0.2) is 0 Å². The van der Waals surface area contributed by atoms with E-state index in [0.29, 0.717) is 0 Å². The van der Waals surface area contributed by atoms with Gasteiger partial charge in [-0.2, -0.15) is 0 Å². The normalized spacial score (nSPS) is 13.1. The van der Waals surface area contributed by atoms with E-state index in [9.17, 15) is 0 Å². The maximum atomic E-state index is 5.49. The molecule has 0 N–H and O–H groups in total. The third kappa shape index (κ3) is 4.54. The Labute approximate surface area is 347 Å². The molecule has 60 heavy (non-hydrogen) atoms. The summed E-state index contributed by atoms with van der Waals surface area (Å²) < 4.78 is 2.26. The standard InChI is InChI=1S/C57H35N3/c1-2-15-37(16-3-1)56-59-53-27-12-13-28-54(53)60(56)40-31-29-36(30-32-40)38-17-14-18-39(33-38)55-47-35-51-46(34-45(47)44-22-7-11-26-52(44)58-55)43-21-6-10-25-50(43)57(51)48-23-8-4-19-41(48)42-20-5-9-24-49(42)57/h1-35H. The first-order chi connectivity index (χ1) is 29.8. The van der Waals surface area contributed by atoms with Crippen molar-refractivity contribution in [2.75, 3.05) is 0 Å². The molecule has 3 nitrogen and oxygen atoms in total. The molecule has 9 aromatic carbocycles. The first-order valence-corrected chi connectivity index (χ1v) is 20.7. The summed E-state index contributed by atoms with van der Waals surface area (Å²) in [6.45, 7) is 0. The van der Waals surface area contributed by atoms with Crippen molar-refractivity contribution in [1.29, 1.82) is 0 Å². The van der Waals surface area contributed by atoms with Crippen LogP contribution < -0.4 is 0 Å². The van der Waals surface area contributed by atoms with E-state index in [4.69, 9.17) is 9.97 Å². The fourth-order valence-electron chi connectivity index (χ4n) is 10.5. The molecule has 278 valence electrons. The zero-order chi connectivity index (χ0) is 39.4. The van der Waals surface area contributed by atoms with Crippen molar-refractivity contribution < 1.29 is 0 Å². The van der Waals surface area contributed by atoms with Crippen molar-refractivity contribution in [3.05, 3.63) is 235 Å². The minimum absolute atomic E-state index is 0.430. The van der Waals surface area contributed by atoms with Crippen molar-refractivity contribution in [3.63, 3.8) is 0 Å². The molecule has 2 aliphatic carbocycles. The summed E-state index contributed by atoms with van der Waals surface area (Å²) in [5.41, 5.74) is 19.7. The molecule has 0 bridgehead atoms. The summed E-state index contributed by atoms with van der Waals surface area (Å²) in [5.74, 6) is 0.932. The molecule has 13 rings (SSSR count). The number of aromatic nitrogens is 3. The van der Waals surface area contributed by atoms with E-state index in [1.54, 1.807) is 0 Å². The lowest BCUT2D eigenvalue weighted by atomic mass is 9.70. The Bertz CT molecular complexity index is 3500. The van der Waals surface area contributed by atoms with Crippen LogP contribution in [-0.2, 0) is 5.41 Å². The number of imidazole rings is 1. The lowest BCUT2D eigenvalue weighted by Gasteiger charge is -2.30. The van der Waals surface area contributed by atoms with E-state index < -0.39 is 5.41 Å². The van der Waals surface area contributed by atoms with Crippen molar-refractivity contribution in [2.24, 2.45) is 0 Å². The predicted octanol–water partition coefficient (Wildman–Crippen LogP) is 14.1. The van der Waals surface area contributed by atoms with Crippen molar-refractivity contribution >= 4 is 32.7 Å². The monoisotopic (exact) mass is 761 g/mol. The third-order valence-corrected chi connectivity index (χ3v) is 13.0. The van der Waals surface area contributed by atoms with Gasteiger partial charge in [0.05, 0.1) is 27.7 Å². The van der Waals surface area contributed by atoms with Gasteiger partial charge < -0.3 is 0 Å². The van der Waals surface area contributed by atoms with E-state index >= 15 is 0 Å². The van der Waals surface area contributed by atoms with Gasteiger partial charge in [-0.05, 0) is 110 Å². The van der Waals surface area contributed by atoms with Crippen LogP contribution in [0, 0.1) is 0 Å². The van der Waals surface area contributed by atoms with Crippen LogP contribution in [0.25, 0.3) is 94.4 Å². The molecule has 0 saturated heterocycles. The number of hydrogen-bond acceptors (Lipinski definition) is 2. The van der Waals surface area contributed by atoms with E-state index in [0.717, 1.165) is 61.4 Å². The first kappa shape index (κ1) is 33.1. The molecular weight excluding hydrogens is 727 g/mol. The van der Waals surface area contributed by atoms with Crippen LogP contribution in [0.15, 0.2) is 212 Å². The van der Waals surface area contributed by atoms with Crippen LogP contribution in [0.1, 0.15) is 22.3 Å². The molecular formula is C57H35N3. The molecule has 0 amide bonds. The smallest absolute Gasteiger partial charge is 0.145 e. The Morgan fingerprint density at radius 3 is 1.65 bits per heavy atom. The number of rotatable bonds is 4. The number of benzene rings is 9. The Kier molecular flexibility index (Phi) is 6.93. The van der Waals surface area contributed by atoms with E-state index in [-0.39, 0.29) is 0 Å². The van der Waals surface area contributed by atoms with Crippen LogP contribution in [0.2, 0.25) is 0 Å². The maximum Gasteiger partial charge on any atom is 0.145 e. The van der Waals surface area contributed by atoms with Gasteiger partial charge in [-0.25, -0.2) is 9.97 Å². The second-order valence-corrected chi connectivity index (χ2v) is 16.1. The number of nitrogens with zero attached hydrogens (tertiary/aromatic N) is 3. The average molecular weight is 762 g/mol. The quantitative estimate of drug-likeness (QED) is 0.167. The first-order valence-electron chi connectivity index (χ1n) is 20.7. The molecule has 0 unspecified atom stereocenters. The molecule has 0 fully saturated rings. The summed E-state index contributed by atoms with van der Waals surface area (Å²) in [6.07, 6.45) is 0. The highest BCUT2D eigenvalue weighted by molar-refractivity contribution is 6.14. The molecule has 2 heterocycles. The SMILES string of the molecule is c1ccc(-c2nc3ccccc3n2-c2ccc(-c3cccc(-c4nc5ccccc5c5cc6c(cc45)C4(c5ccccc5-c5ccccc54)c4ccccc4-6)c3)cc2)cc1. The summed E-state index contributed by atoms with van der Waals surface area (Å²) in [6, 6.07) is 77.2. The van der Waals surface area contributed by atoms with Gasteiger partial charge in [-0.1, -0.05) is 164 Å². The Morgan fingerprint density at radius 2 is 0.917 bits per heavy atom. The number of fused-ring (bicyclic) bond motifs is 14. The minimum atomic E-state index is -0.430. The highest BCUT2D eigenvalue weighted by Gasteiger charge is 2.51. The lowest BCUT2D eigenvalue weighted by molar-refractivity contribution is 0.795. The second kappa shape index (κ2) is 12.6. The molecule has 1 spiro atoms. The minimum Gasteiger partial charge on any atom is -0.292 e. The van der Waals surface area contributed by atoms with Gasteiger partial charge >= 0.3 is 0 Å². The molecule has 2 aromatic heterocycles. The van der Waals surface area contributed by atoms with Crippen LogP contribution in [0.3, 0.4) is 0 Å². The molecule has 3 heteroatoms. The summed E-state index contributed by atoms with van der Waals surface area (Å²) in [5, 5.41) is 3.55. The zero-order valence-electron chi connectivity index (χ0n) is 32.5. The average Bonchev–Trinajstić information content (AvgIpc) is 3.96. The second-order valence-electron chi connectivity index (χ2n) is 16.1. The molecule has 0 saturated carbocycles. The van der Waals surface area contributed by atoms with Crippen molar-refractivity contribution in [3.8, 4) is 61.7 Å². The van der Waals surface area contributed by atoms with Gasteiger partial charge in [-0.15, -0.1) is 0 Å². The van der Waals surface area contributed by atoms with Gasteiger partial charge in [0.2, 0.25) is 0 Å². The highest BCUT2D eigenvalue weighted by Crippen LogP contribution is 2.63. The topological polar surface area (TPSA) is 30.7 Å². The van der Waals surface area contributed by atoms with E-state index in [1.807, 2.05) is 6.07 Å². The van der Waals surface area contributed by atoms with E-state index in [2.05, 4.69) is 211 Å². The number of para-hydroxylation sites is 3. The molecule has 0 atom stereocenters. The van der Waals surface area contributed by atoms with E-state index in [1.165, 1.54) is 55.3 Å². The predicted molar refractivity (Wildman–Crippen MR) is 246 cm³/mol. The fraction of sp³-hybridized carbons (Fsp3) is 0.0175. The van der Waals surface area contributed by atoms with Gasteiger partial charge in [0.1, 0.15) is 5.82 Å². The van der Waals surface area contributed by atoms with Crippen LogP contribution in [0.4, 0.5) is 0 Å². The third-order valence-electron chi connectivity index (χ3n) is 13.0. The summed E-state index contributed by atoms with van der Waals surface area (Å²) >= 11 is 0. The van der Waals surface area contributed by atoms with Gasteiger partial charge in [0, 0.05) is 27.6 Å². The summed E-state index contributed by atoms with van der Waals surface area (Å²) in [7, 11) is 0.